The van der Waals surface area contributed by atoms with Crippen molar-refractivity contribution >= 4 is 28.8 Å². The van der Waals surface area contributed by atoms with E-state index in [0.29, 0.717) is 18.2 Å². The van der Waals surface area contributed by atoms with Crippen LogP contribution in [0.2, 0.25) is 5.02 Å². The Bertz CT molecular complexity index is 928. The number of ether oxygens (including phenoxy) is 1. The smallest absolute Gasteiger partial charge is 0.226 e. The Hall–Kier alpha value is -2.38. The van der Waals surface area contributed by atoms with Crippen molar-refractivity contribution in [3.05, 3.63) is 63.1 Å². The second-order valence-corrected chi connectivity index (χ2v) is 8.11. The highest BCUT2D eigenvalue weighted by molar-refractivity contribution is 7.09. The number of hydrogen-bond acceptors (Lipinski definition) is 5. The first kappa shape index (κ1) is 19.0. The van der Waals surface area contributed by atoms with Crippen LogP contribution in [0.3, 0.4) is 0 Å². The quantitative estimate of drug-likeness (QED) is 0.636. The fourth-order valence-corrected chi connectivity index (χ4v) is 3.98. The molecule has 2 aromatic heterocycles. The van der Waals surface area contributed by atoms with Crippen LogP contribution in [-0.4, -0.2) is 20.4 Å². The third-order valence-corrected chi connectivity index (χ3v) is 5.67. The van der Waals surface area contributed by atoms with E-state index in [9.17, 15) is 4.79 Å². The number of benzene rings is 1. The van der Waals surface area contributed by atoms with Crippen molar-refractivity contribution in [3.63, 3.8) is 0 Å². The number of amides is 1. The number of fused-ring (bicyclic) bond motifs is 1. The molecule has 3 aromatic rings. The van der Waals surface area contributed by atoms with Crippen molar-refractivity contribution in [1.29, 1.82) is 0 Å². The topological polar surface area (TPSA) is 69.0 Å². The Balaban J connectivity index is 1.24. The molecule has 0 atom stereocenters. The molecule has 1 amide bonds. The summed E-state index contributed by atoms with van der Waals surface area (Å²) in [5.41, 5.74) is 1.67. The monoisotopic (exact) mass is 416 g/mol. The van der Waals surface area contributed by atoms with Crippen LogP contribution in [0.4, 0.5) is 0 Å². The molecule has 0 bridgehead atoms. The summed E-state index contributed by atoms with van der Waals surface area (Å²) in [6, 6.07) is 7.20. The minimum absolute atomic E-state index is 0.0542. The van der Waals surface area contributed by atoms with Gasteiger partial charge in [0.15, 0.2) is 0 Å². The first-order valence-corrected chi connectivity index (χ1v) is 10.5. The van der Waals surface area contributed by atoms with Gasteiger partial charge in [0, 0.05) is 29.6 Å². The zero-order chi connectivity index (χ0) is 19.3. The summed E-state index contributed by atoms with van der Waals surface area (Å²) in [7, 11) is 0. The van der Waals surface area contributed by atoms with Gasteiger partial charge >= 0.3 is 0 Å². The summed E-state index contributed by atoms with van der Waals surface area (Å²) < 4.78 is 7.88. The highest BCUT2D eigenvalue weighted by Gasteiger charge is 2.13. The fourth-order valence-electron chi connectivity index (χ4n) is 3.15. The van der Waals surface area contributed by atoms with Gasteiger partial charge in [-0.3, -0.25) is 4.79 Å². The van der Waals surface area contributed by atoms with Crippen LogP contribution in [0.25, 0.3) is 0 Å². The predicted octanol–water partition coefficient (Wildman–Crippen LogP) is 3.77. The number of nitrogens with zero attached hydrogens (tertiary/aromatic N) is 3. The average Bonchev–Trinajstić information content (AvgIpc) is 3.32. The van der Waals surface area contributed by atoms with Crippen molar-refractivity contribution in [2.75, 3.05) is 0 Å². The van der Waals surface area contributed by atoms with Gasteiger partial charge in [0.25, 0.3) is 0 Å². The number of halogens is 1. The molecule has 3 heterocycles. The molecule has 0 spiro atoms. The molecule has 1 N–H and O–H groups in total. The van der Waals surface area contributed by atoms with E-state index in [1.807, 2.05) is 23.7 Å². The number of carbonyl (C=O) groups is 1. The second kappa shape index (κ2) is 8.75. The van der Waals surface area contributed by atoms with E-state index in [-0.39, 0.29) is 12.3 Å². The maximum Gasteiger partial charge on any atom is 0.226 e. The standard InChI is InChI=1S/C20H21ClN4O2S/c21-14-4-6-17(7-5-14)27-12-20-24-15(13-28-20)9-19(26)22-10-16-11-25-8-2-1-3-18(25)23-16/h4-7,11,13H,1-3,8-10,12H2,(H,22,26). The first-order valence-electron chi connectivity index (χ1n) is 9.29. The van der Waals surface area contributed by atoms with Gasteiger partial charge in [0.1, 0.15) is 23.2 Å². The maximum atomic E-state index is 12.2. The van der Waals surface area contributed by atoms with E-state index in [0.717, 1.165) is 40.9 Å². The number of rotatable bonds is 7. The fraction of sp³-hybridized carbons (Fsp3) is 0.350. The van der Waals surface area contributed by atoms with Gasteiger partial charge < -0.3 is 14.6 Å². The SMILES string of the molecule is O=C(Cc1csc(COc2ccc(Cl)cc2)n1)NCc1cn2c(n1)CCCC2. The molecule has 8 heteroatoms. The van der Waals surface area contributed by atoms with Gasteiger partial charge in [-0.05, 0) is 37.1 Å². The Morgan fingerprint density at radius 3 is 2.89 bits per heavy atom. The Kier molecular flexibility index (Phi) is 5.92. The number of thiazole rings is 1. The largest absolute Gasteiger partial charge is 0.486 e. The van der Waals surface area contributed by atoms with Gasteiger partial charge in [-0.2, -0.15) is 0 Å². The molecule has 0 fully saturated rings. The molecular formula is C20H21ClN4O2S. The van der Waals surface area contributed by atoms with Crippen molar-refractivity contribution < 1.29 is 9.53 Å². The lowest BCUT2D eigenvalue weighted by molar-refractivity contribution is -0.120. The summed E-state index contributed by atoms with van der Waals surface area (Å²) in [6.07, 6.45) is 5.71. The van der Waals surface area contributed by atoms with Crippen molar-refractivity contribution in [3.8, 4) is 5.75 Å². The number of aryl methyl sites for hydroxylation is 2. The lowest BCUT2D eigenvalue weighted by Gasteiger charge is -2.11. The van der Waals surface area contributed by atoms with Crippen molar-refractivity contribution in [1.82, 2.24) is 19.9 Å². The van der Waals surface area contributed by atoms with Crippen LogP contribution < -0.4 is 10.1 Å². The van der Waals surface area contributed by atoms with Crippen LogP contribution in [0, 0.1) is 0 Å². The van der Waals surface area contributed by atoms with E-state index in [1.165, 1.54) is 24.2 Å². The Morgan fingerprint density at radius 1 is 1.21 bits per heavy atom. The van der Waals surface area contributed by atoms with Crippen LogP contribution in [0.1, 0.15) is 35.1 Å². The molecule has 0 aliphatic carbocycles. The molecule has 1 aromatic carbocycles. The molecule has 28 heavy (non-hydrogen) atoms. The maximum absolute atomic E-state index is 12.2. The van der Waals surface area contributed by atoms with E-state index in [2.05, 4.69) is 19.9 Å². The summed E-state index contributed by atoms with van der Waals surface area (Å²) >= 11 is 7.35. The third-order valence-electron chi connectivity index (χ3n) is 4.54. The van der Waals surface area contributed by atoms with Gasteiger partial charge in [-0.25, -0.2) is 9.97 Å². The van der Waals surface area contributed by atoms with Crippen LogP contribution >= 0.6 is 22.9 Å². The zero-order valence-corrected chi connectivity index (χ0v) is 16.9. The zero-order valence-electron chi connectivity index (χ0n) is 15.4. The predicted molar refractivity (Wildman–Crippen MR) is 109 cm³/mol. The van der Waals surface area contributed by atoms with Crippen LogP contribution in [-0.2, 0) is 37.3 Å². The molecule has 0 radical (unpaired) electrons. The molecule has 6 nitrogen and oxygen atoms in total. The van der Waals surface area contributed by atoms with Gasteiger partial charge in [0.05, 0.1) is 24.4 Å². The summed E-state index contributed by atoms with van der Waals surface area (Å²) in [6.45, 7) is 1.85. The van der Waals surface area contributed by atoms with Crippen molar-refractivity contribution in [2.24, 2.45) is 0 Å². The van der Waals surface area contributed by atoms with E-state index in [4.69, 9.17) is 16.3 Å². The molecule has 1 aliphatic heterocycles. The number of nitrogens with one attached hydrogen (secondary N) is 1. The van der Waals surface area contributed by atoms with Gasteiger partial charge in [-0.1, -0.05) is 11.6 Å². The summed E-state index contributed by atoms with van der Waals surface area (Å²) in [4.78, 5) is 21.3. The van der Waals surface area contributed by atoms with E-state index < -0.39 is 0 Å². The molecule has 0 saturated heterocycles. The van der Waals surface area contributed by atoms with Crippen molar-refractivity contribution in [2.45, 2.75) is 45.4 Å². The average molecular weight is 417 g/mol. The second-order valence-electron chi connectivity index (χ2n) is 6.73. The normalized spacial score (nSPS) is 13.2. The lowest BCUT2D eigenvalue weighted by Crippen LogP contribution is -2.24. The highest BCUT2D eigenvalue weighted by atomic mass is 35.5. The summed E-state index contributed by atoms with van der Waals surface area (Å²) in [5, 5.41) is 6.34. The number of hydrogen-bond donors (Lipinski definition) is 1. The molecule has 4 rings (SSSR count). The number of aromatic nitrogens is 3. The molecule has 0 unspecified atom stereocenters. The lowest BCUT2D eigenvalue weighted by atomic mass is 10.2. The molecular weight excluding hydrogens is 396 g/mol. The van der Waals surface area contributed by atoms with Crippen LogP contribution in [0.15, 0.2) is 35.8 Å². The molecule has 0 saturated carbocycles. The van der Waals surface area contributed by atoms with E-state index >= 15 is 0 Å². The Labute approximate surface area is 172 Å². The first-order chi connectivity index (χ1) is 13.7. The molecule has 146 valence electrons. The molecule has 1 aliphatic rings. The van der Waals surface area contributed by atoms with Gasteiger partial charge in [-0.15, -0.1) is 11.3 Å². The minimum atomic E-state index is -0.0542. The highest BCUT2D eigenvalue weighted by Crippen LogP contribution is 2.18. The van der Waals surface area contributed by atoms with E-state index in [1.54, 1.807) is 12.1 Å². The third kappa shape index (κ3) is 4.91. The number of carbonyl (C=O) groups excluding carboxylic acids is 1. The minimum Gasteiger partial charge on any atom is -0.486 e. The summed E-state index contributed by atoms with van der Waals surface area (Å²) in [5.74, 6) is 1.81. The van der Waals surface area contributed by atoms with Gasteiger partial charge in [0.2, 0.25) is 5.91 Å². The number of imidazole rings is 1. The Morgan fingerprint density at radius 2 is 2.07 bits per heavy atom. The van der Waals surface area contributed by atoms with Crippen LogP contribution in [0.5, 0.6) is 5.75 Å².